The molecule has 1 heterocycles. The highest BCUT2D eigenvalue weighted by Gasteiger charge is 2.24. The van der Waals surface area contributed by atoms with Gasteiger partial charge in [-0.25, -0.2) is 0 Å². The number of benzene rings is 1. The van der Waals surface area contributed by atoms with Crippen molar-refractivity contribution in [2.45, 2.75) is 6.54 Å². The molecule has 5 heteroatoms. The third kappa shape index (κ3) is 4.30. The monoisotopic (exact) mass is 325 g/mol. The summed E-state index contributed by atoms with van der Waals surface area (Å²) in [5.41, 5.74) is 6.74. The zero-order valence-electron chi connectivity index (χ0n) is 11.2. The summed E-state index contributed by atoms with van der Waals surface area (Å²) in [6.07, 6.45) is 0. The van der Waals surface area contributed by atoms with E-state index in [9.17, 15) is 4.79 Å². The van der Waals surface area contributed by atoms with E-state index in [4.69, 9.17) is 5.73 Å². The van der Waals surface area contributed by atoms with E-state index < -0.39 is 0 Å². The first-order valence-corrected chi connectivity index (χ1v) is 7.28. The first-order chi connectivity index (χ1) is 9.04. The van der Waals surface area contributed by atoms with E-state index in [-0.39, 0.29) is 11.8 Å². The topological polar surface area (TPSA) is 49.6 Å². The zero-order valence-corrected chi connectivity index (χ0v) is 12.8. The van der Waals surface area contributed by atoms with Crippen molar-refractivity contribution in [3.63, 3.8) is 0 Å². The van der Waals surface area contributed by atoms with Crippen LogP contribution in [0.15, 0.2) is 28.7 Å². The maximum Gasteiger partial charge on any atom is 0.223 e. The second-order valence-corrected chi connectivity index (χ2v) is 6.14. The van der Waals surface area contributed by atoms with E-state index >= 15 is 0 Å². The number of nitrogens with zero attached hydrogens (tertiary/aromatic N) is 2. The number of likely N-dealkylation sites (N-methyl/N-ethyl adjacent to an activating group) is 1. The molecule has 1 fully saturated rings. The Morgan fingerprint density at radius 2 is 2.00 bits per heavy atom. The number of hydrogen-bond acceptors (Lipinski definition) is 3. The van der Waals surface area contributed by atoms with Gasteiger partial charge in [0.15, 0.2) is 0 Å². The molecule has 1 atom stereocenters. The Morgan fingerprint density at radius 3 is 2.63 bits per heavy atom. The van der Waals surface area contributed by atoms with Crippen LogP contribution in [-0.4, -0.2) is 48.9 Å². The van der Waals surface area contributed by atoms with Gasteiger partial charge in [0.05, 0.1) is 5.92 Å². The van der Waals surface area contributed by atoms with Gasteiger partial charge in [-0.05, 0) is 24.7 Å². The molecule has 19 heavy (non-hydrogen) atoms. The van der Waals surface area contributed by atoms with Gasteiger partial charge in [0.1, 0.15) is 0 Å². The van der Waals surface area contributed by atoms with Gasteiger partial charge in [-0.3, -0.25) is 9.69 Å². The highest BCUT2D eigenvalue weighted by Crippen LogP contribution is 2.15. The normalized spacial score (nSPS) is 22.1. The van der Waals surface area contributed by atoms with Crippen molar-refractivity contribution in [2.75, 3.05) is 33.2 Å². The smallest absolute Gasteiger partial charge is 0.223 e. The van der Waals surface area contributed by atoms with Crippen LogP contribution in [0.5, 0.6) is 0 Å². The Kier molecular flexibility index (Phi) is 4.96. The van der Waals surface area contributed by atoms with Crippen LogP contribution < -0.4 is 5.73 Å². The van der Waals surface area contributed by atoms with Gasteiger partial charge >= 0.3 is 0 Å². The number of carbonyl (C=O) groups is 1. The third-order valence-corrected chi connectivity index (χ3v) is 4.06. The van der Waals surface area contributed by atoms with Gasteiger partial charge in [0, 0.05) is 37.2 Å². The molecule has 1 aromatic rings. The van der Waals surface area contributed by atoms with Crippen molar-refractivity contribution >= 4 is 21.8 Å². The molecule has 0 saturated carbocycles. The average Bonchev–Trinajstić information content (AvgIpc) is 2.55. The molecule has 0 bridgehead atoms. The molecule has 2 rings (SSSR count). The lowest BCUT2D eigenvalue weighted by Gasteiger charge is -2.22. The van der Waals surface area contributed by atoms with Crippen molar-refractivity contribution in [3.05, 3.63) is 34.3 Å². The number of primary amides is 1. The summed E-state index contributed by atoms with van der Waals surface area (Å²) in [7, 11) is 2.04. The lowest BCUT2D eigenvalue weighted by molar-refractivity contribution is -0.122. The maximum absolute atomic E-state index is 11.5. The molecule has 1 aliphatic heterocycles. The Morgan fingerprint density at radius 1 is 1.32 bits per heavy atom. The summed E-state index contributed by atoms with van der Waals surface area (Å²) in [4.78, 5) is 15.9. The Labute approximate surface area is 122 Å². The average molecular weight is 326 g/mol. The standard InChI is InChI=1S/C14H20BrN3O/c1-17-6-7-18(10-12(9-17)14(16)19)8-11-2-4-13(15)5-3-11/h2-5,12H,6-10H2,1H3,(H2,16,19)/t12-/m0/s1. The minimum Gasteiger partial charge on any atom is -0.369 e. The van der Waals surface area contributed by atoms with Crippen molar-refractivity contribution in [1.29, 1.82) is 0 Å². The molecule has 0 radical (unpaired) electrons. The molecule has 1 aromatic carbocycles. The summed E-state index contributed by atoms with van der Waals surface area (Å²) < 4.78 is 1.09. The summed E-state index contributed by atoms with van der Waals surface area (Å²) in [5, 5.41) is 0. The number of hydrogen-bond donors (Lipinski definition) is 1. The molecule has 0 spiro atoms. The van der Waals surface area contributed by atoms with Crippen LogP contribution in [0.3, 0.4) is 0 Å². The largest absolute Gasteiger partial charge is 0.369 e. The van der Waals surface area contributed by atoms with Crippen molar-refractivity contribution in [1.82, 2.24) is 9.80 Å². The van der Waals surface area contributed by atoms with Crippen LogP contribution in [0.2, 0.25) is 0 Å². The summed E-state index contributed by atoms with van der Waals surface area (Å²) in [6.45, 7) is 4.31. The van der Waals surface area contributed by atoms with E-state index in [1.165, 1.54) is 5.56 Å². The zero-order chi connectivity index (χ0) is 13.8. The van der Waals surface area contributed by atoms with Gasteiger partial charge in [-0.15, -0.1) is 0 Å². The molecule has 4 nitrogen and oxygen atoms in total. The summed E-state index contributed by atoms with van der Waals surface area (Å²) in [5.74, 6) is -0.280. The first-order valence-electron chi connectivity index (χ1n) is 6.49. The van der Waals surface area contributed by atoms with Crippen LogP contribution in [0, 0.1) is 5.92 Å². The number of amides is 1. The first kappa shape index (κ1) is 14.5. The van der Waals surface area contributed by atoms with Gasteiger partial charge in [-0.2, -0.15) is 0 Å². The predicted octanol–water partition coefficient (Wildman–Crippen LogP) is 1.30. The van der Waals surface area contributed by atoms with Gasteiger partial charge in [0.2, 0.25) is 5.91 Å². The van der Waals surface area contributed by atoms with Crippen molar-refractivity contribution in [3.8, 4) is 0 Å². The van der Waals surface area contributed by atoms with Crippen molar-refractivity contribution < 1.29 is 4.79 Å². The minimum atomic E-state index is -0.199. The van der Waals surface area contributed by atoms with Crippen LogP contribution in [-0.2, 0) is 11.3 Å². The van der Waals surface area contributed by atoms with E-state index in [1.807, 2.05) is 19.2 Å². The Balaban J connectivity index is 2.02. The molecule has 104 valence electrons. The molecule has 2 N–H and O–H groups in total. The minimum absolute atomic E-state index is 0.0806. The van der Waals surface area contributed by atoms with E-state index in [2.05, 4.69) is 37.9 Å². The number of rotatable bonds is 3. The van der Waals surface area contributed by atoms with Gasteiger partial charge in [-0.1, -0.05) is 28.1 Å². The molecule has 1 amide bonds. The fraction of sp³-hybridized carbons (Fsp3) is 0.500. The highest BCUT2D eigenvalue weighted by molar-refractivity contribution is 9.10. The van der Waals surface area contributed by atoms with Crippen LogP contribution in [0.1, 0.15) is 5.56 Å². The second-order valence-electron chi connectivity index (χ2n) is 5.22. The van der Waals surface area contributed by atoms with E-state index in [1.54, 1.807) is 0 Å². The number of halogens is 1. The van der Waals surface area contributed by atoms with Crippen molar-refractivity contribution in [2.24, 2.45) is 11.7 Å². The SMILES string of the molecule is CN1CCN(Cc2ccc(Br)cc2)C[C@@H](C(N)=O)C1. The second kappa shape index (κ2) is 6.50. The molecule has 1 saturated heterocycles. The Hall–Kier alpha value is -0.910. The van der Waals surface area contributed by atoms with Crippen LogP contribution in [0.4, 0.5) is 0 Å². The Bertz CT molecular complexity index is 435. The predicted molar refractivity (Wildman–Crippen MR) is 79.6 cm³/mol. The molecule has 1 aliphatic rings. The summed E-state index contributed by atoms with van der Waals surface area (Å²) in [6, 6.07) is 8.31. The maximum atomic E-state index is 11.5. The molecule has 0 aromatic heterocycles. The molecule has 0 unspecified atom stereocenters. The lowest BCUT2D eigenvalue weighted by Crippen LogP contribution is -2.37. The van der Waals surface area contributed by atoms with E-state index in [0.29, 0.717) is 0 Å². The fourth-order valence-electron chi connectivity index (χ4n) is 2.41. The molecule has 0 aliphatic carbocycles. The van der Waals surface area contributed by atoms with Gasteiger partial charge in [0.25, 0.3) is 0 Å². The van der Waals surface area contributed by atoms with E-state index in [0.717, 1.165) is 37.2 Å². The van der Waals surface area contributed by atoms with Crippen LogP contribution >= 0.6 is 15.9 Å². The summed E-state index contributed by atoms with van der Waals surface area (Å²) >= 11 is 3.44. The molecular weight excluding hydrogens is 306 g/mol. The quantitative estimate of drug-likeness (QED) is 0.911. The number of carbonyl (C=O) groups excluding carboxylic acids is 1. The number of nitrogens with two attached hydrogens (primary N) is 1. The fourth-order valence-corrected chi connectivity index (χ4v) is 2.68. The molecular formula is C14H20BrN3O. The lowest BCUT2D eigenvalue weighted by atomic mass is 10.1. The highest BCUT2D eigenvalue weighted by atomic mass is 79.9. The third-order valence-electron chi connectivity index (χ3n) is 3.53. The van der Waals surface area contributed by atoms with Crippen LogP contribution in [0.25, 0.3) is 0 Å². The van der Waals surface area contributed by atoms with Gasteiger partial charge < -0.3 is 10.6 Å².